The second kappa shape index (κ2) is 12.8. The molecule has 1 heterocycles. The third-order valence-electron chi connectivity index (χ3n) is 6.77. The molecule has 2 N–H and O–H groups in total. The van der Waals surface area contributed by atoms with Crippen molar-refractivity contribution >= 4 is 11.5 Å². The molecule has 0 bridgehead atoms. The van der Waals surface area contributed by atoms with Gasteiger partial charge in [0.25, 0.3) is 0 Å². The smallest absolute Gasteiger partial charge is 0.337 e. The lowest BCUT2D eigenvalue weighted by Gasteiger charge is -2.30. The molecule has 1 aliphatic rings. The van der Waals surface area contributed by atoms with Crippen LogP contribution in [0.4, 0.5) is 13.2 Å². The van der Waals surface area contributed by atoms with Crippen molar-refractivity contribution < 1.29 is 37.7 Å². The van der Waals surface area contributed by atoms with Crippen LogP contribution in [-0.4, -0.2) is 54.4 Å². The largest absolute Gasteiger partial charge is 0.493 e. The molecule has 0 saturated carbocycles. The summed E-state index contributed by atoms with van der Waals surface area (Å²) in [7, 11) is 1.44. The van der Waals surface area contributed by atoms with Gasteiger partial charge in [0, 0.05) is 19.6 Å². The lowest BCUT2D eigenvalue weighted by Crippen LogP contribution is -2.32. The number of hydrogen-bond donors (Lipinski definition) is 2. The highest BCUT2D eigenvalue weighted by Gasteiger charge is 2.21. The molecule has 206 valence electrons. The quantitative estimate of drug-likeness (QED) is 0.326. The molecule has 1 atom stereocenters. The van der Waals surface area contributed by atoms with E-state index in [-0.39, 0.29) is 11.4 Å². The minimum Gasteiger partial charge on any atom is -0.493 e. The normalized spacial score (nSPS) is 14.6. The van der Waals surface area contributed by atoms with E-state index in [1.165, 1.54) is 37.4 Å². The fourth-order valence-corrected chi connectivity index (χ4v) is 4.73. The summed E-state index contributed by atoms with van der Waals surface area (Å²) in [4.78, 5) is 13.3. The summed E-state index contributed by atoms with van der Waals surface area (Å²) < 4.78 is 52.3. The standard InChI is InChI=1S/C30H30F3NO5/c1-38-27-18-22(29(35)30(36)37)6-10-26(27)39-16-2-13-34-14-11-20(12-15-34)28(19-3-7-23(31)8-4-19)21-5-9-24(32)25(33)17-21/h3-10,17-18,29,35H,2,11-16H2,1H3,(H,36,37). The van der Waals surface area contributed by atoms with Gasteiger partial charge in [-0.05, 0) is 77.9 Å². The van der Waals surface area contributed by atoms with Crippen molar-refractivity contribution in [3.8, 4) is 11.5 Å². The second-order valence-electron chi connectivity index (χ2n) is 9.31. The van der Waals surface area contributed by atoms with Gasteiger partial charge in [-0.2, -0.15) is 0 Å². The third-order valence-corrected chi connectivity index (χ3v) is 6.77. The Bertz CT molecular complexity index is 1330. The van der Waals surface area contributed by atoms with Crippen LogP contribution >= 0.6 is 0 Å². The summed E-state index contributed by atoms with van der Waals surface area (Å²) in [6.07, 6.45) is 0.550. The number of nitrogens with zero attached hydrogens (tertiary/aromatic N) is 1. The van der Waals surface area contributed by atoms with Crippen LogP contribution in [0, 0.1) is 17.5 Å². The number of methoxy groups -OCH3 is 1. The number of piperidine rings is 1. The van der Waals surface area contributed by atoms with Crippen molar-refractivity contribution in [2.75, 3.05) is 33.4 Å². The molecular formula is C30H30F3NO5. The molecule has 9 heteroatoms. The van der Waals surface area contributed by atoms with Gasteiger partial charge in [-0.25, -0.2) is 18.0 Å². The molecule has 0 spiro atoms. The maximum Gasteiger partial charge on any atom is 0.337 e. The van der Waals surface area contributed by atoms with Crippen molar-refractivity contribution in [3.63, 3.8) is 0 Å². The molecule has 4 rings (SSSR count). The molecule has 0 amide bonds. The zero-order valence-electron chi connectivity index (χ0n) is 21.5. The zero-order valence-corrected chi connectivity index (χ0v) is 21.5. The highest BCUT2D eigenvalue weighted by Crippen LogP contribution is 2.34. The minimum atomic E-state index is -1.64. The van der Waals surface area contributed by atoms with Crippen molar-refractivity contribution in [2.24, 2.45) is 0 Å². The number of benzene rings is 3. The first kappa shape index (κ1) is 28.2. The molecular weight excluding hydrogens is 511 g/mol. The molecule has 39 heavy (non-hydrogen) atoms. The number of carboxylic acid groups (broad SMARTS) is 1. The highest BCUT2D eigenvalue weighted by atomic mass is 19.2. The molecule has 3 aromatic rings. The molecule has 1 fully saturated rings. The van der Waals surface area contributed by atoms with E-state index >= 15 is 0 Å². The molecule has 1 aliphatic heterocycles. The van der Waals surface area contributed by atoms with Crippen LogP contribution in [0.15, 0.2) is 66.2 Å². The number of likely N-dealkylation sites (tertiary alicyclic amines) is 1. The Hall–Kier alpha value is -3.82. The fraction of sp³-hybridized carbons (Fsp3) is 0.300. The van der Waals surface area contributed by atoms with Crippen LogP contribution < -0.4 is 9.47 Å². The third kappa shape index (κ3) is 6.99. The Labute approximate surface area is 224 Å². The molecule has 3 aromatic carbocycles. The van der Waals surface area contributed by atoms with Crippen molar-refractivity contribution in [1.82, 2.24) is 4.90 Å². The van der Waals surface area contributed by atoms with E-state index in [1.807, 2.05) is 0 Å². The van der Waals surface area contributed by atoms with Gasteiger partial charge < -0.3 is 24.6 Å². The topological polar surface area (TPSA) is 79.2 Å². The summed E-state index contributed by atoms with van der Waals surface area (Å²) in [5.74, 6) is -2.75. The van der Waals surface area contributed by atoms with Crippen LogP contribution in [0.2, 0.25) is 0 Å². The molecule has 0 radical (unpaired) electrons. The Morgan fingerprint density at radius 2 is 1.62 bits per heavy atom. The Kier molecular flexibility index (Phi) is 9.27. The summed E-state index contributed by atoms with van der Waals surface area (Å²) in [6.45, 7) is 2.73. The lowest BCUT2D eigenvalue weighted by atomic mass is 9.88. The zero-order chi connectivity index (χ0) is 27.9. The Balaban J connectivity index is 1.37. The molecule has 0 aromatic heterocycles. The van der Waals surface area contributed by atoms with Crippen LogP contribution in [0.25, 0.3) is 5.57 Å². The van der Waals surface area contributed by atoms with E-state index in [0.717, 1.165) is 61.7 Å². The lowest BCUT2D eigenvalue weighted by molar-refractivity contribution is -0.146. The van der Waals surface area contributed by atoms with Crippen molar-refractivity contribution in [3.05, 3.63) is 100 Å². The highest BCUT2D eigenvalue weighted by molar-refractivity contribution is 5.82. The number of hydrogen-bond acceptors (Lipinski definition) is 5. The summed E-state index contributed by atoms with van der Waals surface area (Å²) >= 11 is 0. The fourth-order valence-electron chi connectivity index (χ4n) is 4.73. The first-order valence-electron chi connectivity index (χ1n) is 12.6. The number of rotatable bonds is 10. The van der Waals surface area contributed by atoms with Gasteiger partial charge in [0.1, 0.15) is 5.82 Å². The van der Waals surface area contributed by atoms with E-state index in [2.05, 4.69) is 4.90 Å². The first-order valence-corrected chi connectivity index (χ1v) is 12.6. The maximum absolute atomic E-state index is 14.1. The van der Waals surface area contributed by atoms with E-state index < -0.39 is 23.7 Å². The number of halogens is 3. The predicted octanol–water partition coefficient (Wildman–Crippen LogP) is 5.60. The van der Waals surface area contributed by atoms with Gasteiger partial charge in [0.15, 0.2) is 29.2 Å². The number of aliphatic hydroxyl groups excluding tert-OH is 1. The second-order valence-corrected chi connectivity index (χ2v) is 9.31. The number of carboxylic acids is 1. The Morgan fingerprint density at radius 3 is 2.26 bits per heavy atom. The van der Waals surface area contributed by atoms with E-state index in [1.54, 1.807) is 24.3 Å². The van der Waals surface area contributed by atoms with Crippen LogP contribution in [0.3, 0.4) is 0 Å². The van der Waals surface area contributed by atoms with Gasteiger partial charge in [0.05, 0.1) is 13.7 Å². The maximum atomic E-state index is 14.1. The SMILES string of the molecule is COc1cc(C(O)C(=O)O)ccc1OCCCN1CCC(=C(c2ccc(F)cc2)c2ccc(F)c(F)c2)CC1. The van der Waals surface area contributed by atoms with Crippen LogP contribution in [-0.2, 0) is 4.79 Å². The van der Waals surface area contributed by atoms with E-state index in [4.69, 9.17) is 14.6 Å². The molecule has 1 unspecified atom stereocenters. The summed E-state index contributed by atoms with van der Waals surface area (Å²) in [5, 5.41) is 18.7. The summed E-state index contributed by atoms with van der Waals surface area (Å²) in [5.41, 5.74) is 3.43. The van der Waals surface area contributed by atoms with E-state index in [0.29, 0.717) is 23.7 Å². The predicted molar refractivity (Wildman–Crippen MR) is 140 cm³/mol. The first-order chi connectivity index (χ1) is 18.8. The summed E-state index contributed by atoms with van der Waals surface area (Å²) in [6, 6.07) is 14.4. The van der Waals surface area contributed by atoms with Gasteiger partial charge in [-0.15, -0.1) is 0 Å². The average Bonchev–Trinajstić information content (AvgIpc) is 2.94. The Morgan fingerprint density at radius 1 is 0.923 bits per heavy atom. The van der Waals surface area contributed by atoms with Crippen LogP contribution in [0.1, 0.15) is 42.1 Å². The average molecular weight is 542 g/mol. The van der Waals surface area contributed by atoms with Crippen LogP contribution in [0.5, 0.6) is 11.5 Å². The monoisotopic (exact) mass is 541 g/mol. The number of ether oxygens (including phenoxy) is 2. The molecule has 1 saturated heterocycles. The van der Waals surface area contributed by atoms with Gasteiger partial charge in [0.2, 0.25) is 0 Å². The number of aliphatic carboxylic acids is 1. The molecule has 0 aliphatic carbocycles. The van der Waals surface area contributed by atoms with Gasteiger partial charge >= 0.3 is 5.97 Å². The number of carbonyl (C=O) groups is 1. The van der Waals surface area contributed by atoms with Crippen molar-refractivity contribution in [2.45, 2.75) is 25.4 Å². The van der Waals surface area contributed by atoms with E-state index in [9.17, 15) is 23.1 Å². The van der Waals surface area contributed by atoms with Gasteiger partial charge in [-0.1, -0.05) is 29.8 Å². The van der Waals surface area contributed by atoms with Gasteiger partial charge in [-0.3, -0.25) is 0 Å². The minimum absolute atomic E-state index is 0.201. The van der Waals surface area contributed by atoms with Crippen molar-refractivity contribution in [1.29, 1.82) is 0 Å². The number of aliphatic hydroxyl groups is 1. The molecule has 6 nitrogen and oxygen atoms in total.